The maximum Gasteiger partial charge on any atom is 0.233 e. The van der Waals surface area contributed by atoms with E-state index in [2.05, 4.69) is 25.9 Å². The summed E-state index contributed by atoms with van der Waals surface area (Å²) in [5.41, 5.74) is 0. The molecule has 1 rings (SSSR count). The van der Waals surface area contributed by atoms with Gasteiger partial charge in [0, 0.05) is 0 Å². The van der Waals surface area contributed by atoms with Crippen molar-refractivity contribution in [2.75, 3.05) is 13.4 Å². The van der Waals surface area contributed by atoms with Crippen LogP contribution in [0.25, 0.3) is 0 Å². The predicted octanol–water partition coefficient (Wildman–Crippen LogP) is 2.62. The number of nitrogens with zero attached hydrogens (tertiary/aromatic N) is 2. The molecule has 0 aliphatic rings. The van der Waals surface area contributed by atoms with E-state index in [0.717, 1.165) is 0 Å². The molecule has 0 aliphatic heterocycles. The van der Waals surface area contributed by atoms with E-state index in [9.17, 15) is 0 Å². The molecule has 0 fully saturated rings. The molecule has 0 saturated heterocycles. The second kappa shape index (κ2) is 4.30. The molecule has 3 nitrogen and oxygen atoms in total. The summed E-state index contributed by atoms with van der Waals surface area (Å²) in [6.07, 6.45) is 1.87. The lowest BCUT2D eigenvalue weighted by Gasteiger charge is -2.04. The average molecular weight is 270 g/mol. The molecule has 66 valence electrons. The summed E-state index contributed by atoms with van der Waals surface area (Å²) in [6, 6.07) is 0. The lowest BCUT2D eigenvalue weighted by atomic mass is 10.6. The van der Waals surface area contributed by atoms with Crippen LogP contribution in [-0.4, -0.2) is 23.3 Å². The third kappa shape index (κ3) is 2.02. The molecule has 0 spiro atoms. The van der Waals surface area contributed by atoms with Gasteiger partial charge in [-0.05, 0) is 22.2 Å². The third-order valence-electron chi connectivity index (χ3n) is 1.14. The number of hydrogen-bond acceptors (Lipinski definition) is 4. The third-order valence-corrected chi connectivity index (χ3v) is 2.90. The van der Waals surface area contributed by atoms with Crippen molar-refractivity contribution in [1.82, 2.24) is 9.97 Å². The van der Waals surface area contributed by atoms with Gasteiger partial charge in [-0.3, -0.25) is 0 Å². The van der Waals surface area contributed by atoms with Crippen LogP contribution in [0, 0.1) is 0 Å². The van der Waals surface area contributed by atoms with Crippen molar-refractivity contribution < 1.29 is 4.74 Å². The molecule has 0 aromatic carbocycles. The van der Waals surface area contributed by atoms with Crippen LogP contribution in [0.5, 0.6) is 5.88 Å². The normalized spacial score (nSPS) is 10.0. The molecule has 1 aromatic heterocycles. The van der Waals surface area contributed by atoms with E-state index in [1.165, 1.54) is 18.9 Å². The van der Waals surface area contributed by atoms with Crippen molar-refractivity contribution in [2.24, 2.45) is 0 Å². The molecular weight excluding hydrogens is 264 g/mol. The highest BCUT2D eigenvalue weighted by Gasteiger charge is 2.09. The molecule has 0 saturated carbocycles. The topological polar surface area (TPSA) is 35.0 Å². The molecule has 0 unspecified atom stereocenters. The number of methoxy groups -OCH3 is 1. The molecular formula is C6H6BrClN2OS. The van der Waals surface area contributed by atoms with E-state index in [1.54, 1.807) is 0 Å². The predicted molar refractivity (Wildman–Crippen MR) is 53.1 cm³/mol. The fourth-order valence-corrected chi connectivity index (χ4v) is 1.52. The summed E-state index contributed by atoms with van der Waals surface area (Å²) in [7, 11) is 1.54. The smallest absolute Gasteiger partial charge is 0.233 e. The van der Waals surface area contributed by atoms with E-state index in [-0.39, 0.29) is 0 Å². The average Bonchev–Trinajstić information content (AvgIpc) is 2.09. The summed E-state index contributed by atoms with van der Waals surface area (Å²) in [6.45, 7) is 0. The molecule has 0 amide bonds. The van der Waals surface area contributed by atoms with Gasteiger partial charge in [-0.1, -0.05) is 23.4 Å². The Bertz CT molecular complexity index is 297. The molecule has 0 radical (unpaired) electrons. The van der Waals surface area contributed by atoms with Crippen LogP contribution in [-0.2, 0) is 0 Å². The zero-order valence-electron chi connectivity index (χ0n) is 6.47. The molecule has 0 atom stereocenters. The molecule has 12 heavy (non-hydrogen) atoms. The first-order valence-corrected chi connectivity index (χ1v) is 5.39. The second-order valence-corrected chi connectivity index (χ2v) is 3.75. The highest BCUT2D eigenvalue weighted by Crippen LogP contribution is 2.30. The van der Waals surface area contributed by atoms with Crippen molar-refractivity contribution in [3.63, 3.8) is 0 Å². The highest BCUT2D eigenvalue weighted by molar-refractivity contribution is 9.10. The summed E-state index contributed by atoms with van der Waals surface area (Å²) in [5, 5.41) is 0.964. The van der Waals surface area contributed by atoms with Crippen molar-refractivity contribution in [2.45, 2.75) is 5.16 Å². The number of thioether (sulfide) groups is 1. The number of hydrogen-bond donors (Lipinski definition) is 0. The van der Waals surface area contributed by atoms with Gasteiger partial charge in [-0.2, -0.15) is 4.98 Å². The summed E-state index contributed by atoms with van der Waals surface area (Å²) < 4.78 is 5.56. The van der Waals surface area contributed by atoms with Gasteiger partial charge in [0.15, 0.2) is 10.3 Å². The van der Waals surface area contributed by atoms with Crippen molar-refractivity contribution >= 4 is 39.3 Å². The Labute approximate surface area is 88.0 Å². The Morgan fingerprint density at radius 3 is 2.67 bits per heavy atom. The number of halogens is 2. The van der Waals surface area contributed by atoms with Crippen molar-refractivity contribution in [3.05, 3.63) is 9.63 Å². The molecule has 0 bridgehead atoms. The summed E-state index contributed by atoms with van der Waals surface area (Å²) >= 11 is 10.4. The van der Waals surface area contributed by atoms with Gasteiger partial charge in [0.05, 0.1) is 7.11 Å². The Kier molecular flexibility index (Phi) is 3.61. The zero-order chi connectivity index (χ0) is 9.14. The second-order valence-electron chi connectivity index (χ2n) is 1.82. The zero-order valence-corrected chi connectivity index (χ0v) is 9.63. The Hall–Kier alpha value is -0.0000000000000000555. The van der Waals surface area contributed by atoms with E-state index in [0.29, 0.717) is 20.7 Å². The lowest BCUT2D eigenvalue weighted by Crippen LogP contribution is -1.94. The van der Waals surface area contributed by atoms with Crippen LogP contribution >= 0.6 is 39.3 Å². The minimum Gasteiger partial charge on any atom is -0.480 e. The monoisotopic (exact) mass is 268 g/mol. The van der Waals surface area contributed by atoms with E-state index >= 15 is 0 Å². The molecule has 1 aromatic rings. The van der Waals surface area contributed by atoms with E-state index < -0.39 is 0 Å². The fourth-order valence-electron chi connectivity index (χ4n) is 0.609. The Balaban J connectivity index is 3.19. The first kappa shape index (κ1) is 10.1. The van der Waals surface area contributed by atoms with Crippen LogP contribution in [0.1, 0.15) is 0 Å². The van der Waals surface area contributed by atoms with Crippen LogP contribution in [0.3, 0.4) is 0 Å². The van der Waals surface area contributed by atoms with Gasteiger partial charge < -0.3 is 4.74 Å². The first-order valence-electron chi connectivity index (χ1n) is 3.00. The van der Waals surface area contributed by atoms with Crippen molar-refractivity contribution in [1.29, 1.82) is 0 Å². The summed E-state index contributed by atoms with van der Waals surface area (Å²) in [5.74, 6) is 0.458. The molecule has 6 heteroatoms. The Morgan fingerprint density at radius 2 is 2.17 bits per heavy atom. The van der Waals surface area contributed by atoms with Crippen molar-refractivity contribution in [3.8, 4) is 5.88 Å². The largest absolute Gasteiger partial charge is 0.480 e. The van der Waals surface area contributed by atoms with E-state index in [4.69, 9.17) is 16.3 Å². The number of aromatic nitrogens is 2. The Morgan fingerprint density at radius 1 is 1.50 bits per heavy atom. The van der Waals surface area contributed by atoms with Crippen LogP contribution in [0.15, 0.2) is 9.63 Å². The SMILES string of the molecule is COc1nc(SC)nc(Cl)c1Br. The maximum atomic E-state index is 5.79. The van der Waals surface area contributed by atoms with Crippen LogP contribution < -0.4 is 4.74 Å². The van der Waals surface area contributed by atoms with Gasteiger partial charge in [0.2, 0.25) is 5.88 Å². The molecule has 0 N–H and O–H groups in total. The van der Waals surface area contributed by atoms with Gasteiger partial charge in [0.1, 0.15) is 4.47 Å². The standard InChI is InChI=1S/C6H6BrClN2OS/c1-11-5-3(7)4(8)9-6(10-5)12-2/h1-2H3. The fraction of sp³-hybridized carbons (Fsp3) is 0.333. The highest BCUT2D eigenvalue weighted by atomic mass is 79.9. The van der Waals surface area contributed by atoms with Gasteiger partial charge in [-0.25, -0.2) is 4.98 Å². The maximum absolute atomic E-state index is 5.79. The number of ether oxygens (including phenoxy) is 1. The minimum atomic E-state index is 0.367. The number of rotatable bonds is 2. The van der Waals surface area contributed by atoms with Gasteiger partial charge in [-0.15, -0.1) is 0 Å². The quantitative estimate of drug-likeness (QED) is 0.470. The van der Waals surface area contributed by atoms with Gasteiger partial charge >= 0.3 is 0 Å². The van der Waals surface area contributed by atoms with E-state index in [1.807, 2.05) is 6.26 Å². The van der Waals surface area contributed by atoms with Crippen LogP contribution in [0.2, 0.25) is 5.15 Å². The minimum absolute atomic E-state index is 0.367. The lowest BCUT2D eigenvalue weighted by molar-refractivity contribution is 0.389. The van der Waals surface area contributed by atoms with Gasteiger partial charge in [0.25, 0.3) is 0 Å². The molecule has 1 heterocycles. The summed E-state index contributed by atoms with van der Waals surface area (Å²) in [4.78, 5) is 8.06. The molecule has 0 aliphatic carbocycles. The first-order chi connectivity index (χ1) is 5.69. The van der Waals surface area contributed by atoms with Crippen LogP contribution in [0.4, 0.5) is 0 Å².